The van der Waals surface area contributed by atoms with Crippen LogP contribution in [0, 0.1) is 17.2 Å². The van der Waals surface area contributed by atoms with Gasteiger partial charge in [-0.1, -0.05) is 20.8 Å². The van der Waals surface area contributed by atoms with Gasteiger partial charge in [-0.2, -0.15) is 0 Å². The predicted octanol–water partition coefficient (Wildman–Crippen LogP) is 2.94. The van der Waals surface area contributed by atoms with Crippen molar-refractivity contribution in [2.75, 3.05) is 31.6 Å². The lowest BCUT2D eigenvalue weighted by molar-refractivity contribution is -0.138. The van der Waals surface area contributed by atoms with E-state index in [1.807, 2.05) is 32.7 Å². The highest BCUT2D eigenvalue weighted by molar-refractivity contribution is 5.81. The van der Waals surface area contributed by atoms with Crippen LogP contribution in [-0.4, -0.2) is 42.5 Å². The molecular weight excluding hydrogens is 281 g/mol. The molecular formula is C17H26FN3O. The predicted molar refractivity (Wildman–Crippen MR) is 86.2 cm³/mol. The van der Waals surface area contributed by atoms with E-state index >= 15 is 0 Å². The third-order valence-corrected chi connectivity index (χ3v) is 4.17. The Morgan fingerprint density at radius 2 is 2.00 bits per heavy atom. The van der Waals surface area contributed by atoms with Crippen LogP contribution in [0.15, 0.2) is 18.3 Å². The molecule has 2 rings (SSSR count). The summed E-state index contributed by atoms with van der Waals surface area (Å²) in [7, 11) is 1.89. The topological polar surface area (TPSA) is 36.4 Å². The summed E-state index contributed by atoms with van der Waals surface area (Å²) in [6, 6.07) is 3.18. The van der Waals surface area contributed by atoms with Gasteiger partial charge in [0.1, 0.15) is 11.6 Å². The maximum Gasteiger partial charge on any atom is 0.227 e. The van der Waals surface area contributed by atoms with E-state index in [0.29, 0.717) is 5.92 Å². The van der Waals surface area contributed by atoms with Crippen molar-refractivity contribution >= 4 is 11.7 Å². The minimum atomic E-state index is -0.326. The molecule has 122 valence electrons. The summed E-state index contributed by atoms with van der Waals surface area (Å²) in [6.07, 6.45) is 3.32. The van der Waals surface area contributed by atoms with E-state index in [1.54, 1.807) is 6.07 Å². The second-order valence-electron chi connectivity index (χ2n) is 7.20. The number of hydrogen-bond donors (Lipinski definition) is 0. The lowest BCUT2D eigenvalue weighted by atomic mass is 9.92. The quantitative estimate of drug-likeness (QED) is 0.861. The molecule has 0 unspecified atom stereocenters. The van der Waals surface area contributed by atoms with Crippen molar-refractivity contribution in [1.29, 1.82) is 0 Å². The Kier molecular flexibility index (Phi) is 5.04. The number of nitrogens with zero attached hydrogens (tertiary/aromatic N) is 3. The third kappa shape index (κ3) is 4.18. The van der Waals surface area contributed by atoms with Gasteiger partial charge in [0.15, 0.2) is 0 Å². The zero-order valence-electron chi connectivity index (χ0n) is 14.0. The largest absolute Gasteiger partial charge is 0.357 e. The summed E-state index contributed by atoms with van der Waals surface area (Å²) in [5.74, 6) is 1.24. The van der Waals surface area contributed by atoms with Gasteiger partial charge in [-0.15, -0.1) is 0 Å². The van der Waals surface area contributed by atoms with Crippen molar-refractivity contribution in [3.05, 3.63) is 24.1 Å². The van der Waals surface area contributed by atoms with Crippen molar-refractivity contribution in [2.45, 2.75) is 33.6 Å². The molecule has 0 saturated carbocycles. The smallest absolute Gasteiger partial charge is 0.227 e. The van der Waals surface area contributed by atoms with Gasteiger partial charge in [-0.25, -0.2) is 9.37 Å². The molecule has 0 atom stereocenters. The molecule has 0 radical (unpaired) electrons. The molecule has 1 saturated heterocycles. The summed E-state index contributed by atoms with van der Waals surface area (Å²) in [5.41, 5.74) is -0.326. The van der Waals surface area contributed by atoms with Crippen molar-refractivity contribution in [3.63, 3.8) is 0 Å². The number of carbonyl (C=O) groups excluding carboxylic acids is 1. The highest BCUT2D eigenvalue weighted by atomic mass is 19.1. The van der Waals surface area contributed by atoms with Gasteiger partial charge in [0.25, 0.3) is 0 Å². The summed E-state index contributed by atoms with van der Waals surface area (Å²) in [5, 5.41) is 0. The Labute approximate surface area is 132 Å². The van der Waals surface area contributed by atoms with E-state index in [1.165, 1.54) is 12.3 Å². The van der Waals surface area contributed by atoms with E-state index in [9.17, 15) is 9.18 Å². The molecule has 2 heterocycles. The molecule has 0 bridgehead atoms. The van der Waals surface area contributed by atoms with Crippen LogP contribution >= 0.6 is 0 Å². The van der Waals surface area contributed by atoms with Gasteiger partial charge in [-0.3, -0.25) is 4.79 Å². The second kappa shape index (κ2) is 6.63. The second-order valence-corrected chi connectivity index (χ2v) is 7.20. The Balaban J connectivity index is 1.85. The van der Waals surface area contributed by atoms with Gasteiger partial charge < -0.3 is 9.80 Å². The maximum absolute atomic E-state index is 12.9. The fourth-order valence-electron chi connectivity index (χ4n) is 2.94. The van der Waals surface area contributed by atoms with Crippen LogP contribution in [0.4, 0.5) is 10.2 Å². The number of carbonyl (C=O) groups is 1. The first-order valence-corrected chi connectivity index (χ1v) is 7.89. The van der Waals surface area contributed by atoms with Gasteiger partial charge in [0, 0.05) is 32.1 Å². The Morgan fingerprint density at radius 3 is 2.50 bits per heavy atom. The number of pyridine rings is 1. The molecule has 22 heavy (non-hydrogen) atoms. The molecule has 1 aliphatic rings. The average Bonchev–Trinajstić information content (AvgIpc) is 2.47. The van der Waals surface area contributed by atoms with Gasteiger partial charge in [0.2, 0.25) is 5.91 Å². The minimum absolute atomic E-state index is 0.190. The molecule has 5 heteroatoms. The number of anilines is 1. The van der Waals surface area contributed by atoms with Crippen molar-refractivity contribution < 1.29 is 9.18 Å². The number of rotatable bonds is 3. The van der Waals surface area contributed by atoms with Crippen LogP contribution in [0.1, 0.15) is 33.6 Å². The number of halogens is 1. The van der Waals surface area contributed by atoms with Crippen molar-refractivity contribution in [1.82, 2.24) is 9.88 Å². The van der Waals surface area contributed by atoms with Crippen LogP contribution in [0.3, 0.4) is 0 Å². The standard InChI is InChI=1S/C17H26FN3O/c1-17(2,3)16(22)20(4)12-13-7-9-21(10-8-13)15-6-5-14(18)11-19-15/h5-6,11,13H,7-10,12H2,1-4H3. The highest BCUT2D eigenvalue weighted by Crippen LogP contribution is 2.24. The lowest BCUT2D eigenvalue weighted by Gasteiger charge is -2.35. The summed E-state index contributed by atoms with van der Waals surface area (Å²) in [4.78, 5) is 20.4. The van der Waals surface area contributed by atoms with E-state index < -0.39 is 0 Å². The fraction of sp³-hybridized carbons (Fsp3) is 0.647. The third-order valence-electron chi connectivity index (χ3n) is 4.17. The molecule has 0 spiro atoms. The van der Waals surface area contributed by atoms with Crippen LogP contribution in [0.2, 0.25) is 0 Å². The first-order valence-electron chi connectivity index (χ1n) is 7.89. The first kappa shape index (κ1) is 16.7. The first-order chi connectivity index (χ1) is 10.3. The number of piperidine rings is 1. The number of hydrogen-bond acceptors (Lipinski definition) is 3. The molecule has 1 fully saturated rings. The van der Waals surface area contributed by atoms with E-state index in [4.69, 9.17) is 0 Å². The zero-order chi connectivity index (χ0) is 16.3. The number of amides is 1. The molecule has 1 amide bonds. The summed E-state index contributed by atoms with van der Waals surface area (Å²) in [6.45, 7) is 8.47. The van der Waals surface area contributed by atoms with Crippen LogP contribution in [0.25, 0.3) is 0 Å². The van der Waals surface area contributed by atoms with Gasteiger partial charge in [0.05, 0.1) is 6.20 Å². The van der Waals surface area contributed by atoms with Crippen molar-refractivity contribution in [3.8, 4) is 0 Å². The van der Waals surface area contributed by atoms with Gasteiger partial charge in [-0.05, 0) is 30.9 Å². The monoisotopic (exact) mass is 307 g/mol. The van der Waals surface area contributed by atoms with Crippen LogP contribution in [-0.2, 0) is 4.79 Å². The fourth-order valence-corrected chi connectivity index (χ4v) is 2.94. The van der Waals surface area contributed by atoms with E-state index in [2.05, 4.69) is 9.88 Å². The lowest BCUT2D eigenvalue weighted by Crippen LogP contribution is -2.42. The molecule has 0 aliphatic carbocycles. The molecule has 4 nitrogen and oxygen atoms in total. The highest BCUT2D eigenvalue weighted by Gasteiger charge is 2.28. The summed E-state index contributed by atoms with van der Waals surface area (Å²) >= 11 is 0. The van der Waals surface area contributed by atoms with Crippen LogP contribution in [0.5, 0.6) is 0 Å². The van der Waals surface area contributed by atoms with Crippen molar-refractivity contribution in [2.24, 2.45) is 11.3 Å². The van der Waals surface area contributed by atoms with Gasteiger partial charge >= 0.3 is 0 Å². The average molecular weight is 307 g/mol. The Morgan fingerprint density at radius 1 is 1.36 bits per heavy atom. The normalized spacial score (nSPS) is 16.7. The number of aromatic nitrogens is 1. The van der Waals surface area contributed by atoms with Crippen LogP contribution < -0.4 is 4.90 Å². The van der Waals surface area contributed by atoms with E-state index in [0.717, 1.165) is 38.3 Å². The Hall–Kier alpha value is -1.65. The maximum atomic E-state index is 12.9. The zero-order valence-corrected chi connectivity index (χ0v) is 14.0. The molecule has 0 aromatic carbocycles. The molecule has 0 N–H and O–H groups in total. The SMILES string of the molecule is CN(CC1CCN(c2ccc(F)cn2)CC1)C(=O)C(C)(C)C. The Bertz CT molecular complexity index is 502. The summed E-state index contributed by atoms with van der Waals surface area (Å²) < 4.78 is 12.9. The molecule has 1 aromatic heterocycles. The molecule has 1 aliphatic heterocycles. The van der Waals surface area contributed by atoms with E-state index in [-0.39, 0.29) is 17.1 Å². The minimum Gasteiger partial charge on any atom is -0.357 e. The molecule has 1 aromatic rings.